The highest BCUT2D eigenvalue weighted by Crippen LogP contribution is 2.36. The number of aromatic amines is 1. The van der Waals surface area contributed by atoms with Crippen LogP contribution in [-0.2, 0) is 4.79 Å². The molecule has 1 aliphatic heterocycles. The Morgan fingerprint density at radius 2 is 1.58 bits per heavy atom. The number of hydrogen-bond acceptors (Lipinski definition) is 12. The van der Waals surface area contributed by atoms with E-state index in [0.717, 1.165) is 11.1 Å². The molecular formula is C38H42N8O7. The van der Waals surface area contributed by atoms with Gasteiger partial charge in [-0.25, -0.2) is 9.78 Å². The monoisotopic (exact) mass is 722 g/mol. The molecule has 1 saturated carbocycles. The number of phenolic OH excluding ortho intramolecular Hbond substituents is 2. The van der Waals surface area contributed by atoms with E-state index in [0.29, 0.717) is 60.6 Å². The number of nitrogens with zero attached hydrogens (tertiary/aromatic N) is 4. The van der Waals surface area contributed by atoms with Gasteiger partial charge in [-0.3, -0.25) is 4.79 Å². The van der Waals surface area contributed by atoms with Gasteiger partial charge in [0.1, 0.15) is 29.2 Å². The standard InChI is InChI=1S/C38H42N8O7/c1-2-30(49)41-29-18-27(32(50)33(29)51)34-42-31-35(39-19-28(21-8-12-24(47)13-9-21)22-10-14-25(48)15-11-22)44-37(45-36(31)43-34)46-17-16-23(20-46)40-38(52)53-26-6-4-3-5-7-26/h3-15,23,27-29,32-33,47-48,50-51H,2,16-20H2,1H3,(H,40,52)(H,41,49)(H2,39,42,43,44,45)/t23?,27-,29-,32-,33+/m0/s1. The minimum absolute atomic E-state index is 0.139. The number of carbonyl (C=O) groups is 2. The smallest absolute Gasteiger partial charge is 0.412 e. The molecule has 276 valence electrons. The van der Waals surface area contributed by atoms with Gasteiger partial charge >= 0.3 is 6.09 Å². The SMILES string of the molecule is CCC(=O)N[C@H]1C[C@H](c2nc3c(NCC(c4ccc(O)cc4)c4ccc(O)cc4)nc(N4CCC(NC(=O)Oc5ccccc5)C4)nc3[nH]2)[C@H](O)[C@@H]1O. The number of nitrogens with one attached hydrogen (secondary N) is 4. The van der Waals surface area contributed by atoms with E-state index in [1.807, 2.05) is 35.2 Å². The molecule has 15 nitrogen and oxygen atoms in total. The van der Waals surface area contributed by atoms with Crippen molar-refractivity contribution in [1.82, 2.24) is 30.6 Å². The molecule has 2 fully saturated rings. The lowest BCUT2D eigenvalue weighted by Crippen LogP contribution is -2.42. The number of aliphatic hydroxyl groups excluding tert-OH is 2. The summed E-state index contributed by atoms with van der Waals surface area (Å²) in [4.78, 5) is 44.6. The Bertz CT molecular complexity index is 2000. The van der Waals surface area contributed by atoms with Crippen molar-refractivity contribution in [2.45, 2.75) is 62.3 Å². The van der Waals surface area contributed by atoms with Gasteiger partial charge in [-0.1, -0.05) is 49.4 Å². The Balaban J connectivity index is 1.18. The first kappa shape index (κ1) is 35.5. The van der Waals surface area contributed by atoms with Crippen LogP contribution in [0.3, 0.4) is 0 Å². The second kappa shape index (κ2) is 15.4. The highest BCUT2D eigenvalue weighted by atomic mass is 16.6. The first-order valence-corrected chi connectivity index (χ1v) is 17.7. The molecule has 2 aromatic heterocycles. The number of ether oxygens (including phenoxy) is 1. The number of aliphatic hydroxyl groups is 2. The lowest BCUT2D eigenvalue weighted by Gasteiger charge is -2.21. The third-order valence-corrected chi connectivity index (χ3v) is 9.86. The number of benzene rings is 3. The first-order chi connectivity index (χ1) is 25.6. The molecule has 0 spiro atoms. The number of anilines is 2. The van der Waals surface area contributed by atoms with E-state index >= 15 is 0 Å². The van der Waals surface area contributed by atoms with Crippen molar-refractivity contribution in [2.75, 3.05) is 29.9 Å². The molecular weight excluding hydrogens is 680 g/mol. The third-order valence-electron chi connectivity index (χ3n) is 9.86. The van der Waals surface area contributed by atoms with Crippen LogP contribution >= 0.6 is 0 Å². The van der Waals surface area contributed by atoms with Gasteiger partial charge in [0.15, 0.2) is 17.0 Å². The van der Waals surface area contributed by atoms with E-state index in [1.165, 1.54) is 0 Å². The number of aromatic hydroxyl groups is 2. The Kier molecular flexibility index (Phi) is 10.3. The lowest BCUT2D eigenvalue weighted by atomic mass is 9.91. The Morgan fingerprint density at radius 3 is 2.25 bits per heavy atom. The molecule has 7 rings (SSSR count). The maximum Gasteiger partial charge on any atom is 0.412 e. The second-order valence-electron chi connectivity index (χ2n) is 13.4. The molecule has 2 aliphatic rings. The number of hydrogen-bond donors (Lipinski definition) is 8. The van der Waals surface area contributed by atoms with E-state index < -0.39 is 30.3 Å². The maximum atomic E-state index is 12.6. The molecule has 0 radical (unpaired) electrons. The number of phenols is 2. The summed E-state index contributed by atoms with van der Waals surface area (Å²) in [6, 6.07) is 21.8. The van der Waals surface area contributed by atoms with Crippen LogP contribution in [-0.4, -0.2) is 96.3 Å². The molecule has 1 aliphatic carbocycles. The first-order valence-electron chi connectivity index (χ1n) is 17.7. The van der Waals surface area contributed by atoms with Crippen molar-refractivity contribution in [3.63, 3.8) is 0 Å². The van der Waals surface area contributed by atoms with Crippen LogP contribution < -0.4 is 25.6 Å². The summed E-state index contributed by atoms with van der Waals surface area (Å²) < 4.78 is 5.42. The summed E-state index contributed by atoms with van der Waals surface area (Å²) >= 11 is 0. The summed E-state index contributed by atoms with van der Waals surface area (Å²) in [7, 11) is 0. The van der Waals surface area contributed by atoms with Crippen LogP contribution in [0.4, 0.5) is 16.6 Å². The largest absolute Gasteiger partial charge is 0.508 e. The minimum Gasteiger partial charge on any atom is -0.508 e. The average Bonchev–Trinajstić information content (AvgIpc) is 3.88. The van der Waals surface area contributed by atoms with Crippen molar-refractivity contribution in [3.05, 3.63) is 95.8 Å². The Labute approximate surface area is 305 Å². The normalized spacial score (nSPS) is 21.2. The van der Waals surface area contributed by atoms with Gasteiger partial charge in [0.25, 0.3) is 0 Å². The van der Waals surface area contributed by atoms with Gasteiger partial charge in [-0.2, -0.15) is 9.97 Å². The fourth-order valence-corrected chi connectivity index (χ4v) is 6.99. The summed E-state index contributed by atoms with van der Waals surface area (Å²) in [6.07, 6.45) is -1.78. The number of rotatable bonds is 11. The number of fused-ring (bicyclic) bond motifs is 1. The van der Waals surface area contributed by atoms with Crippen molar-refractivity contribution < 1.29 is 34.8 Å². The van der Waals surface area contributed by atoms with Gasteiger partial charge in [-0.05, 0) is 60.4 Å². The van der Waals surface area contributed by atoms with Crippen LogP contribution in [0, 0.1) is 0 Å². The van der Waals surface area contributed by atoms with Gasteiger partial charge in [0, 0.05) is 37.9 Å². The highest BCUT2D eigenvalue weighted by molar-refractivity contribution is 5.84. The fraction of sp³-hybridized carbons (Fsp3) is 0.342. The molecule has 5 aromatic rings. The Morgan fingerprint density at radius 1 is 0.906 bits per heavy atom. The zero-order chi connectivity index (χ0) is 37.1. The van der Waals surface area contributed by atoms with E-state index in [2.05, 4.69) is 20.9 Å². The van der Waals surface area contributed by atoms with Crippen molar-refractivity contribution >= 4 is 34.9 Å². The van der Waals surface area contributed by atoms with Gasteiger partial charge in [0.05, 0.1) is 18.2 Å². The number of para-hydroxylation sites is 1. The molecule has 1 unspecified atom stereocenters. The van der Waals surface area contributed by atoms with Crippen LogP contribution in [0.2, 0.25) is 0 Å². The van der Waals surface area contributed by atoms with Crippen LogP contribution in [0.25, 0.3) is 11.2 Å². The zero-order valence-corrected chi connectivity index (χ0v) is 29.0. The molecule has 2 amide bonds. The third kappa shape index (κ3) is 7.95. The average molecular weight is 723 g/mol. The summed E-state index contributed by atoms with van der Waals surface area (Å²) in [6.45, 7) is 3.04. The second-order valence-corrected chi connectivity index (χ2v) is 13.4. The zero-order valence-electron chi connectivity index (χ0n) is 29.0. The van der Waals surface area contributed by atoms with Crippen LogP contribution in [0.15, 0.2) is 78.9 Å². The van der Waals surface area contributed by atoms with Gasteiger partial charge in [-0.15, -0.1) is 0 Å². The minimum atomic E-state index is -1.18. The molecule has 53 heavy (non-hydrogen) atoms. The number of imidazole rings is 1. The molecule has 3 aromatic carbocycles. The number of H-pyrrole nitrogens is 1. The summed E-state index contributed by atoms with van der Waals surface area (Å²) in [5, 5.41) is 51.0. The van der Waals surface area contributed by atoms with E-state index in [9.17, 15) is 30.0 Å². The molecule has 0 bridgehead atoms. The fourth-order valence-electron chi connectivity index (χ4n) is 6.99. The number of aromatic nitrogens is 4. The van der Waals surface area contributed by atoms with Crippen molar-refractivity contribution in [1.29, 1.82) is 0 Å². The van der Waals surface area contributed by atoms with Gasteiger partial charge in [0.2, 0.25) is 11.9 Å². The van der Waals surface area contributed by atoms with Crippen LogP contribution in [0.1, 0.15) is 55.0 Å². The predicted molar refractivity (Wildman–Crippen MR) is 196 cm³/mol. The quantitative estimate of drug-likeness (QED) is 0.0983. The highest BCUT2D eigenvalue weighted by Gasteiger charge is 2.44. The molecule has 15 heteroatoms. The van der Waals surface area contributed by atoms with E-state index in [-0.39, 0.29) is 42.2 Å². The summed E-state index contributed by atoms with van der Waals surface area (Å²) in [5.74, 6) is 0.852. The molecule has 1 saturated heterocycles. The summed E-state index contributed by atoms with van der Waals surface area (Å²) in [5.41, 5.74) is 2.64. The van der Waals surface area contributed by atoms with E-state index in [4.69, 9.17) is 19.7 Å². The van der Waals surface area contributed by atoms with Crippen molar-refractivity contribution in [2.24, 2.45) is 0 Å². The Hall–Kier alpha value is -5.93. The molecule has 8 N–H and O–H groups in total. The topological polar surface area (TPSA) is 218 Å². The van der Waals surface area contributed by atoms with Gasteiger partial charge < -0.3 is 51.0 Å². The lowest BCUT2D eigenvalue weighted by molar-refractivity contribution is -0.122. The van der Waals surface area contributed by atoms with E-state index in [1.54, 1.807) is 55.5 Å². The molecule has 5 atom stereocenters. The predicted octanol–water partition coefficient (Wildman–Crippen LogP) is 3.48. The number of carbonyl (C=O) groups excluding carboxylic acids is 2. The number of amides is 2. The van der Waals surface area contributed by atoms with Crippen molar-refractivity contribution in [3.8, 4) is 17.2 Å². The maximum absolute atomic E-state index is 12.6. The molecule has 3 heterocycles. The van der Waals surface area contributed by atoms with Crippen LogP contribution in [0.5, 0.6) is 17.2 Å².